The predicted octanol–water partition coefficient (Wildman–Crippen LogP) is 9.69. The third kappa shape index (κ3) is 3.39. The van der Waals surface area contributed by atoms with Crippen molar-refractivity contribution in [3.05, 3.63) is 125 Å². The molecule has 0 bridgehead atoms. The number of hydrogen-bond donors (Lipinski definition) is 0. The van der Waals surface area contributed by atoms with E-state index < -0.39 is 0 Å². The summed E-state index contributed by atoms with van der Waals surface area (Å²) in [7, 11) is 0. The predicted molar refractivity (Wildman–Crippen MR) is 146 cm³/mol. The summed E-state index contributed by atoms with van der Waals surface area (Å²) in [5.74, 6) is 0. The van der Waals surface area contributed by atoms with Crippen LogP contribution in [0.3, 0.4) is 0 Å². The first-order chi connectivity index (χ1) is 16.2. The van der Waals surface area contributed by atoms with E-state index in [1.807, 2.05) is 0 Å². The summed E-state index contributed by atoms with van der Waals surface area (Å²) in [6.45, 7) is 2.18. The van der Waals surface area contributed by atoms with Crippen LogP contribution in [0.2, 0.25) is 0 Å². The summed E-state index contributed by atoms with van der Waals surface area (Å²) in [5.41, 5.74) is 4.81. The monoisotopic (exact) mass is 487 g/mol. The summed E-state index contributed by atoms with van der Waals surface area (Å²) in [4.78, 5) is 2.43. The Kier molecular flexibility index (Phi) is 4.89. The van der Waals surface area contributed by atoms with E-state index in [0.717, 1.165) is 10.2 Å². The van der Waals surface area contributed by atoms with Crippen LogP contribution in [-0.4, -0.2) is 0 Å². The van der Waals surface area contributed by atoms with E-state index in [2.05, 4.69) is 143 Å². The number of aryl methyl sites for hydroxylation is 1. The smallest absolute Gasteiger partial charge is 0.0618 e. The largest absolute Gasteiger partial charge is 0.309 e. The Morgan fingerprint density at radius 1 is 0.545 bits per heavy atom. The van der Waals surface area contributed by atoms with Gasteiger partial charge in [0.25, 0.3) is 0 Å². The Labute approximate surface area is 202 Å². The molecule has 0 fully saturated rings. The molecular formula is C31H22BrN. The first-order valence-electron chi connectivity index (χ1n) is 11.2. The molecule has 0 aliphatic rings. The van der Waals surface area contributed by atoms with Gasteiger partial charge in [0.05, 0.1) is 11.4 Å². The molecule has 2 heteroatoms. The summed E-state index contributed by atoms with van der Waals surface area (Å²) in [6, 6.07) is 41.5. The lowest BCUT2D eigenvalue weighted by molar-refractivity contribution is 1.32. The average Bonchev–Trinajstić information content (AvgIpc) is 2.86. The number of benzene rings is 6. The fraction of sp³-hybridized carbons (Fsp3) is 0.0323. The highest BCUT2D eigenvalue weighted by atomic mass is 79.9. The van der Waals surface area contributed by atoms with Crippen molar-refractivity contribution in [2.45, 2.75) is 6.92 Å². The maximum Gasteiger partial charge on any atom is 0.0618 e. The summed E-state index contributed by atoms with van der Waals surface area (Å²) < 4.78 is 1.07. The molecule has 158 valence electrons. The molecule has 0 N–H and O–H groups in total. The SMILES string of the molecule is Cc1ccc(N(c2ccc(Br)cc2)c2c3ccccc3cc3ccccc23)c2ccccc12. The highest BCUT2D eigenvalue weighted by molar-refractivity contribution is 9.10. The molecular weight excluding hydrogens is 466 g/mol. The molecule has 0 heterocycles. The van der Waals surface area contributed by atoms with Gasteiger partial charge in [0.1, 0.15) is 0 Å². The van der Waals surface area contributed by atoms with Crippen molar-refractivity contribution in [2.75, 3.05) is 4.90 Å². The van der Waals surface area contributed by atoms with Crippen molar-refractivity contribution < 1.29 is 0 Å². The van der Waals surface area contributed by atoms with Gasteiger partial charge in [-0.15, -0.1) is 0 Å². The molecule has 6 aromatic carbocycles. The Bertz CT molecular complexity index is 1580. The highest BCUT2D eigenvalue weighted by Gasteiger charge is 2.20. The molecule has 0 saturated carbocycles. The third-order valence-electron chi connectivity index (χ3n) is 6.41. The highest BCUT2D eigenvalue weighted by Crippen LogP contribution is 2.46. The lowest BCUT2D eigenvalue weighted by atomic mass is 9.97. The second-order valence-electron chi connectivity index (χ2n) is 8.43. The third-order valence-corrected chi connectivity index (χ3v) is 6.94. The van der Waals surface area contributed by atoms with E-state index in [9.17, 15) is 0 Å². The van der Waals surface area contributed by atoms with Crippen LogP contribution in [0.1, 0.15) is 5.56 Å². The van der Waals surface area contributed by atoms with Gasteiger partial charge in [0.2, 0.25) is 0 Å². The van der Waals surface area contributed by atoms with Crippen molar-refractivity contribution in [2.24, 2.45) is 0 Å². The van der Waals surface area contributed by atoms with Crippen LogP contribution in [0, 0.1) is 6.92 Å². The Morgan fingerprint density at radius 2 is 1.09 bits per heavy atom. The fourth-order valence-corrected chi connectivity index (χ4v) is 5.10. The molecule has 6 aromatic rings. The zero-order chi connectivity index (χ0) is 22.4. The topological polar surface area (TPSA) is 3.24 Å². The number of rotatable bonds is 3. The fourth-order valence-electron chi connectivity index (χ4n) is 4.84. The van der Waals surface area contributed by atoms with Crippen LogP contribution in [-0.2, 0) is 0 Å². The Morgan fingerprint density at radius 3 is 1.73 bits per heavy atom. The molecule has 0 unspecified atom stereocenters. The minimum Gasteiger partial charge on any atom is -0.309 e. The van der Waals surface area contributed by atoms with E-state index in [4.69, 9.17) is 0 Å². The molecule has 0 aromatic heterocycles. The summed E-state index contributed by atoms with van der Waals surface area (Å²) >= 11 is 3.62. The number of hydrogen-bond acceptors (Lipinski definition) is 1. The van der Waals surface area contributed by atoms with Crippen LogP contribution >= 0.6 is 15.9 Å². The molecule has 0 atom stereocenters. The van der Waals surface area contributed by atoms with Gasteiger partial charge in [-0.25, -0.2) is 0 Å². The first kappa shape index (κ1) is 20.0. The quantitative estimate of drug-likeness (QED) is 0.224. The minimum absolute atomic E-state index is 1.07. The van der Waals surface area contributed by atoms with Crippen molar-refractivity contribution >= 4 is 65.3 Å². The zero-order valence-corrected chi connectivity index (χ0v) is 19.9. The van der Waals surface area contributed by atoms with Crippen molar-refractivity contribution in [3.63, 3.8) is 0 Å². The number of nitrogens with zero attached hydrogens (tertiary/aromatic N) is 1. The van der Waals surface area contributed by atoms with Gasteiger partial charge in [0, 0.05) is 26.3 Å². The zero-order valence-electron chi connectivity index (χ0n) is 18.3. The molecule has 33 heavy (non-hydrogen) atoms. The van der Waals surface area contributed by atoms with Crippen LogP contribution in [0.25, 0.3) is 32.3 Å². The van der Waals surface area contributed by atoms with Gasteiger partial charge in [-0.2, -0.15) is 0 Å². The molecule has 0 aliphatic carbocycles. The second-order valence-corrected chi connectivity index (χ2v) is 9.34. The molecule has 0 saturated heterocycles. The van der Waals surface area contributed by atoms with E-state index in [0.29, 0.717) is 0 Å². The normalized spacial score (nSPS) is 11.3. The first-order valence-corrected chi connectivity index (χ1v) is 11.9. The lowest BCUT2D eigenvalue weighted by Crippen LogP contribution is -2.12. The number of fused-ring (bicyclic) bond motifs is 3. The van der Waals surface area contributed by atoms with Crippen LogP contribution < -0.4 is 4.90 Å². The van der Waals surface area contributed by atoms with Crippen LogP contribution in [0.4, 0.5) is 17.1 Å². The number of halogens is 1. The van der Waals surface area contributed by atoms with Crippen molar-refractivity contribution in [1.82, 2.24) is 0 Å². The van der Waals surface area contributed by atoms with E-state index >= 15 is 0 Å². The molecule has 1 nitrogen and oxygen atoms in total. The lowest BCUT2D eigenvalue weighted by Gasteiger charge is -2.30. The van der Waals surface area contributed by atoms with E-state index in [1.54, 1.807) is 0 Å². The van der Waals surface area contributed by atoms with Gasteiger partial charge < -0.3 is 4.90 Å². The van der Waals surface area contributed by atoms with Gasteiger partial charge >= 0.3 is 0 Å². The van der Waals surface area contributed by atoms with Gasteiger partial charge in [0.15, 0.2) is 0 Å². The minimum atomic E-state index is 1.07. The standard InChI is InChI=1S/C31H22BrN/c1-21-14-19-30(29-13-7-6-10-26(21)29)33(25-17-15-24(32)16-18-25)31-27-11-4-2-8-22(27)20-23-9-3-5-12-28(23)31/h2-20H,1H3. The van der Waals surface area contributed by atoms with E-state index in [1.165, 1.54) is 49.3 Å². The average molecular weight is 488 g/mol. The molecule has 0 radical (unpaired) electrons. The van der Waals surface area contributed by atoms with Crippen LogP contribution in [0.15, 0.2) is 120 Å². The van der Waals surface area contributed by atoms with Gasteiger partial charge in [-0.1, -0.05) is 94.8 Å². The maximum absolute atomic E-state index is 3.62. The van der Waals surface area contributed by atoms with Gasteiger partial charge in [-0.3, -0.25) is 0 Å². The van der Waals surface area contributed by atoms with E-state index in [-0.39, 0.29) is 0 Å². The van der Waals surface area contributed by atoms with Crippen LogP contribution in [0.5, 0.6) is 0 Å². The molecule has 0 spiro atoms. The summed E-state index contributed by atoms with van der Waals surface area (Å²) in [5, 5.41) is 7.49. The Hall–Kier alpha value is -3.62. The summed E-state index contributed by atoms with van der Waals surface area (Å²) in [6.07, 6.45) is 0. The molecule has 0 aliphatic heterocycles. The molecule has 0 amide bonds. The number of anilines is 3. The molecule has 6 rings (SSSR count). The second kappa shape index (κ2) is 8.06. The van der Waals surface area contributed by atoms with Gasteiger partial charge in [-0.05, 0) is 65.0 Å². The van der Waals surface area contributed by atoms with Crippen molar-refractivity contribution in [1.29, 1.82) is 0 Å². The Balaban J connectivity index is 1.79. The maximum atomic E-state index is 3.62. The van der Waals surface area contributed by atoms with Crippen molar-refractivity contribution in [3.8, 4) is 0 Å².